The summed E-state index contributed by atoms with van der Waals surface area (Å²) in [5, 5.41) is 8.87. The fourth-order valence-electron chi connectivity index (χ4n) is 2.97. The van der Waals surface area contributed by atoms with Crippen LogP contribution in [0.2, 0.25) is 0 Å². The lowest BCUT2D eigenvalue weighted by Crippen LogP contribution is -2.54. The van der Waals surface area contributed by atoms with Gasteiger partial charge in [-0.25, -0.2) is 13.1 Å². The van der Waals surface area contributed by atoms with Crippen LogP contribution in [-0.2, 0) is 20.6 Å². The van der Waals surface area contributed by atoms with E-state index in [1.54, 1.807) is 0 Å². The summed E-state index contributed by atoms with van der Waals surface area (Å²) in [6.45, 7) is 4.50. The Morgan fingerprint density at radius 3 is 2.65 bits per heavy atom. The van der Waals surface area contributed by atoms with E-state index in [0.717, 1.165) is 11.1 Å². The standard InChI is InChI=1S/C16H24N2O4S/c1-3-18(10-16(19)20)15-8-14(9-15)17-23(21,22)11-13-6-4-5-12(2)7-13/h4-7,14-15,17H,3,8-11H2,1-2H3,(H,19,20). The molecular formula is C16H24N2O4S. The number of aryl methyl sites for hydroxylation is 1. The van der Waals surface area contributed by atoms with Gasteiger partial charge < -0.3 is 5.11 Å². The quantitative estimate of drug-likeness (QED) is 0.746. The van der Waals surface area contributed by atoms with E-state index >= 15 is 0 Å². The maximum absolute atomic E-state index is 12.2. The second kappa shape index (κ2) is 7.42. The fourth-order valence-corrected chi connectivity index (χ4v) is 4.37. The molecule has 0 spiro atoms. The van der Waals surface area contributed by atoms with Crippen LogP contribution in [0.1, 0.15) is 30.9 Å². The molecule has 0 aliphatic heterocycles. The van der Waals surface area contributed by atoms with Crippen molar-refractivity contribution < 1.29 is 18.3 Å². The maximum Gasteiger partial charge on any atom is 0.317 e. The number of nitrogens with zero attached hydrogens (tertiary/aromatic N) is 1. The summed E-state index contributed by atoms with van der Waals surface area (Å²) in [4.78, 5) is 12.7. The van der Waals surface area contributed by atoms with Crippen molar-refractivity contribution in [3.05, 3.63) is 35.4 Å². The highest BCUT2D eigenvalue weighted by atomic mass is 32.2. The smallest absolute Gasteiger partial charge is 0.317 e. The van der Waals surface area contributed by atoms with Gasteiger partial charge in [0.15, 0.2) is 0 Å². The highest BCUT2D eigenvalue weighted by Crippen LogP contribution is 2.26. The zero-order chi connectivity index (χ0) is 17.0. The minimum Gasteiger partial charge on any atom is -0.480 e. The number of carboxylic acid groups (broad SMARTS) is 1. The summed E-state index contributed by atoms with van der Waals surface area (Å²) < 4.78 is 27.2. The normalized spacial score (nSPS) is 21.2. The van der Waals surface area contributed by atoms with Crippen LogP contribution in [0.5, 0.6) is 0 Å². The molecule has 1 aliphatic carbocycles. The van der Waals surface area contributed by atoms with Crippen molar-refractivity contribution in [3.8, 4) is 0 Å². The number of benzene rings is 1. The molecule has 1 aromatic carbocycles. The lowest BCUT2D eigenvalue weighted by Gasteiger charge is -2.42. The van der Waals surface area contributed by atoms with Crippen molar-refractivity contribution in [2.75, 3.05) is 13.1 Å². The van der Waals surface area contributed by atoms with Gasteiger partial charge in [0.25, 0.3) is 0 Å². The van der Waals surface area contributed by atoms with Crippen LogP contribution in [0.15, 0.2) is 24.3 Å². The van der Waals surface area contributed by atoms with E-state index in [1.165, 1.54) is 0 Å². The van der Waals surface area contributed by atoms with Crippen molar-refractivity contribution in [1.29, 1.82) is 0 Å². The topological polar surface area (TPSA) is 86.7 Å². The molecule has 6 nitrogen and oxygen atoms in total. The molecule has 0 saturated heterocycles. The molecule has 0 aromatic heterocycles. The van der Waals surface area contributed by atoms with Gasteiger partial charge in [0, 0.05) is 12.1 Å². The number of aliphatic carboxylic acids is 1. The Morgan fingerprint density at radius 2 is 2.09 bits per heavy atom. The molecule has 0 bridgehead atoms. The average Bonchev–Trinajstić information content (AvgIpc) is 2.39. The van der Waals surface area contributed by atoms with Gasteiger partial charge in [-0.15, -0.1) is 0 Å². The number of hydrogen-bond donors (Lipinski definition) is 2. The van der Waals surface area contributed by atoms with E-state index < -0.39 is 16.0 Å². The highest BCUT2D eigenvalue weighted by molar-refractivity contribution is 7.88. The monoisotopic (exact) mass is 340 g/mol. The Hall–Kier alpha value is -1.44. The molecule has 7 heteroatoms. The predicted molar refractivity (Wildman–Crippen MR) is 88.6 cm³/mol. The molecule has 0 heterocycles. The van der Waals surface area contributed by atoms with Crippen LogP contribution in [-0.4, -0.2) is 49.6 Å². The molecule has 23 heavy (non-hydrogen) atoms. The third-order valence-electron chi connectivity index (χ3n) is 4.16. The molecular weight excluding hydrogens is 316 g/mol. The van der Waals surface area contributed by atoms with E-state index in [-0.39, 0.29) is 24.4 Å². The van der Waals surface area contributed by atoms with Gasteiger partial charge in [-0.3, -0.25) is 9.69 Å². The summed E-state index contributed by atoms with van der Waals surface area (Å²) in [7, 11) is -3.38. The van der Waals surface area contributed by atoms with Gasteiger partial charge in [-0.1, -0.05) is 36.8 Å². The maximum atomic E-state index is 12.2. The summed E-state index contributed by atoms with van der Waals surface area (Å²) in [6.07, 6.45) is 1.32. The first-order chi connectivity index (χ1) is 10.8. The Kier molecular flexibility index (Phi) is 5.78. The highest BCUT2D eigenvalue weighted by Gasteiger charge is 2.35. The average molecular weight is 340 g/mol. The van der Waals surface area contributed by atoms with Gasteiger partial charge >= 0.3 is 5.97 Å². The zero-order valence-corrected chi connectivity index (χ0v) is 14.3. The number of rotatable bonds is 8. The molecule has 0 atom stereocenters. The third-order valence-corrected chi connectivity index (χ3v) is 5.57. The first-order valence-corrected chi connectivity index (χ1v) is 9.45. The lowest BCUT2D eigenvalue weighted by atomic mass is 9.86. The Bertz CT molecular complexity index is 654. The van der Waals surface area contributed by atoms with Crippen LogP contribution in [0.4, 0.5) is 0 Å². The van der Waals surface area contributed by atoms with Crippen LogP contribution in [0.25, 0.3) is 0 Å². The molecule has 0 unspecified atom stereocenters. The Morgan fingerprint density at radius 1 is 1.39 bits per heavy atom. The molecule has 2 N–H and O–H groups in total. The van der Waals surface area contributed by atoms with E-state index in [1.807, 2.05) is 43.0 Å². The second-order valence-electron chi connectivity index (χ2n) is 6.14. The predicted octanol–water partition coefficient (Wildman–Crippen LogP) is 1.35. The minimum absolute atomic E-state index is 0.00390. The summed E-state index contributed by atoms with van der Waals surface area (Å²) in [5.41, 5.74) is 1.81. The zero-order valence-electron chi connectivity index (χ0n) is 13.5. The van der Waals surface area contributed by atoms with Gasteiger partial charge in [0.2, 0.25) is 10.0 Å². The largest absolute Gasteiger partial charge is 0.480 e. The number of carbonyl (C=O) groups is 1. The number of sulfonamides is 1. The third kappa shape index (κ3) is 5.30. The molecule has 2 rings (SSSR count). The minimum atomic E-state index is -3.38. The van der Waals surface area contributed by atoms with Crippen LogP contribution < -0.4 is 4.72 Å². The van der Waals surface area contributed by atoms with Crippen LogP contribution in [0.3, 0.4) is 0 Å². The van der Waals surface area contributed by atoms with E-state index in [4.69, 9.17) is 5.11 Å². The molecule has 1 aliphatic rings. The molecule has 0 radical (unpaired) electrons. The van der Waals surface area contributed by atoms with E-state index in [2.05, 4.69) is 4.72 Å². The summed E-state index contributed by atoms with van der Waals surface area (Å²) in [5.74, 6) is -0.877. The molecule has 1 saturated carbocycles. The Balaban J connectivity index is 1.85. The van der Waals surface area contributed by atoms with Crippen molar-refractivity contribution >= 4 is 16.0 Å². The number of hydrogen-bond acceptors (Lipinski definition) is 4. The first kappa shape index (κ1) is 17.9. The summed E-state index contributed by atoms with van der Waals surface area (Å²) in [6, 6.07) is 7.50. The van der Waals surface area contributed by atoms with E-state index in [0.29, 0.717) is 19.4 Å². The molecule has 128 valence electrons. The second-order valence-corrected chi connectivity index (χ2v) is 7.90. The number of carboxylic acids is 1. The van der Waals surface area contributed by atoms with Gasteiger partial charge in [0.1, 0.15) is 0 Å². The first-order valence-electron chi connectivity index (χ1n) is 7.80. The Labute approximate surface area is 137 Å². The van der Waals surface area contributed by atoms with Crippen molar-refractivity contribution in [1.82, 2.24) is 9.62 Å². The van der Waals surface area contributed by atoms with Crippen molar-refractivity contribution in [2.45, 2.75) is 44.5 Å². The number of likely N-dealkylation sites (N-methyl/N-ethyl adjacent to an activating group) is 1. The van der Waals surface area contributed by atoms with Crippen LogP contribution >= 0.6 is 0 Å². The van der Waals surface area contributed by atoms with E-state index in [9.17, 15) is 13.2 Å². The van der Waals surface area contributed by atoms with Gasteiger partial charge in [-0.05, 0) is 31.9 Å². The van der Waals surface area contributed by atoms with Gasteiger partial charge in [-0.2, -0.15) is 0 Å². The molecule has 1 aromatic rings. The van der Waals surface area contributed by atoms with Crippen molar-refractivity contribution in [2.24, 2.45) is 0 Å². The number of nitrogens with one attached hydrogen (secondary N) is 1. The van der Waals surface area contributed by atoms with Crippen LogP contribution in [0, 0.1) is 6.92 Å². The SMILES string of the molecule is CCN(CC(=O)O)C1CC(NS(=O)(=O)Cc2cccc(C)c2)C1. The lowest BCUT2D eigenvalue weighted by molar-refractivity contribution is -0.139. The van der Waals surface area contributed by atoms with Gasteiger partial charge in [0.05, 0.1) is 12.3 Å². The van der Waals surface area contributed by atoms with Crippen molar-refractivity contribution in [3.63, 3.8) is 0 Å². The fraction of sp³-hybridized carbons (Fsp3) is 0.562. The molecule has 0 amide bonds. The molecule has 1 fully saturated rings. The summed E-state index contributed by atoms with van der Waals surface area (Å²) >= 11 is 0.